The standard InChI is InChI=1S/C14H16ClNO4/c1-8(14(18)19)7-16(2)13(17)12-6-9-5-10(15)3-4-11(9)20-12/h3-5,8,12H,6-7H2,1-2H3,(H,18,19). The number of benzene rings is 1. The predicted octanol–water partition coefficient (Wildman–Crippen LogP) is 1.82. The highest BCUT2D eigenvalue weighted by atomic mass is 35.5. The molecule has 0 saturated heterocycles. The van der Waals surface area contributed by atoms with Crippen LogP contribution in [0.1, 0.15) is 12.5 Å². The van der Waals surface area contributed by atoms with E-state index in [1.807, 2.05) is 0 Å². The van der Waals surface area contributed by atoms with Crippen LogP contribution < -0.4 is 4.74 Å². The van der Waals surface area contributed by atoms with Crippen LogP contribution in [0.2, 0.25) is 5.02 Å². The summed E-state index contributed by atoms with van der Waals surface area (Å²) in [5.74, 6) is -1.09. The molecule has 1 aromatic rings. The smallest absolute Gasteiger partial charge is 0.308 e. The minimum absolute atomic E-state index is 0.158. The Morgan fingerprint density at radius 3 is 2.90 bits per heavy atom. The van der Waals surface area contributed by atoms with Gasteiger partial charge >= 0.3 is 5.97 Å². The maximum absolute atomic E-state index is 12.2. The summed E-state index contributed by atoms with van der Waals surface area (Å²) in [4.78, 5) is 24.4. The Labute approximate surface area is 122 Å². The number of carbonyl (C=O) groups is 2. The van der Waals surface area contributed by atoms with Crippen molar-refractivity contribution in [3.8, 4) is 5.75 Å². The summed E-state index contributed by atoms with van der Waals surface area (Å²) in [6.07, 6.45) is -0.144. The molecular formula is C14H16ClNO4. The normalized spacial score (nSPS) is 18.1. The Hall–Kier alpha value is -1.75. The van der Waals surface area contributed by atoms with Gasteiger partial charge in [0.15, 0.2) is 6.10 Å². The van der Waals surface area contributed by atoms with E-state index in [9.17, 15) is 9.59 Å². The summed E-state index contributed by atoms with van der Waals surface area (Å²) >= 11 is 5.90. The van der Waals surface area contributed by atoms with Gasteiger partial charge in [0.25, 0.3) is 5.91 Å². The fourth-order valence-electron chi connectivity index (χ4n) is 2.18. The molecular weight excluding hydrogens is 282 g/mol. The molecule has 108 valence electrons. The lowest BCUT2D eigenvalue weighted by Gasteiger charge is -2.22. The quantitative estimate of drug-likeness (QED) is 0.920. The van der Waals surface area contributed by atoms with Crippen molar-refractivity contribution in [1.29, 1.82) is 0 Å². The van der Waals surface area contributed by atoms with E-state index in [4.69, 9.17) is 21.4 Å². The second kappa shape index (κ2) is 5.71. The number of hydrogen-bond acceptors (Lipinski definition) is 3. The zero-order valence-electron chi connectivity index (χ0n) is 11.3. The SMILES string of the molecule is CC(CN(C)C(=O)C1Cc2cc(Cl)ccc2O1)C(=O)O. The lowest BCUT2D eigenvalue weighted by atomic mass is 10.1. The summed E-state index contributed by atoms with van der Waals surface area (Å²) in [6, 6.07) is 5.23. The van der Waals surface area contributed by atoms with E-state index in [1.54, 1.807) is 32.2 Å². The Bertz CT molecular complexity index is 546. The van der Waals surface area contributed by atoms with E-state index in [1.165, 1.54) is 4.90 Å². The molecule has 0 radical (unpaired) electrons. The van der Waals surface area contributed by atoms with Gasteiger partial charge in [-0.15, -0.1) is 0 Å². The highest BCUT2D eigenvalue weighted by Gasteiger charge is 2.32. The minimum Gasteiger partial charge on any atom is -0.481 e. The number of hydrogen-bond donors (Lipinski definition) is 1. The molecule has 2 atom stereocenters. The number of carbonyl (C=O) groups excluding carboxylic acids is 1. The van der Waals surface area contributed by atoms with Crippen LogP contribution in [-0.4, -0.2) is 41.6 Å². The first-order valence-corrected chi connectivity index (χ1v) is 6.69. The number of nitrogens with zero attached hydrogens (tertiary/aromatic N) is 1. The molecule has 0 fully saturated rings. The van der Waals surface area contributed by atoms with Crippen LogP contribution >= 0.6 is 11.6 Å². The molecule has 20 heavy (non-hydrogen) atoms. The van der Waals surface area contributed by atoms with Crippen molar-refractivity contribution in [2.24, 2.45) is 5.92 Å². The molecule has 5 nitrogen and oxygen atoms in total. The lowest BCUT2D eigenvalue weighted by molar-refractivity contribution is -0.144. The molecule has 1 aromatic carbocycles. The fraction of sp³-hybridized carbons (Fsp3) is 0.429. The number of amides is 1. The second-order valence-electron chi connectivity index (χ2n) is 5.02. The number of aliphatic carboxylic acids is 1. The molecule has 1 heterocycles. The summed E-state index contributed by atoms with van der Waals surface area (Å²) in [5, 5.41) is 9.47. The zero-order chi connectivity index (χ0) is 14.9. The van der Waals surface area contributed by atoms with Crippen LogP contribution in [0.5, 0.6) is 5.75 Å². The van der Waals surface area contributed by atoms with E-state index in [-0.39, 0.29) is 12.5 Å². The number of fused-ring (bicyclic) bond motifs is 1. The van der Waals surface area contributed by atoms with Gasteiger partial charge in [-0.05, 0) is 23.8 Å². The van der Waals surface area contributed by atoms with Crippen molar-refractivity contribution in [3.63, 3.8) is 0 Å². The first kappa shape index (κ1) is 14.7. The third kappa shape index (κ3) is 3.04. The maximum atomic E-state index is 12.2. The monoisotopic (exact) mass is 297 g/mol. The summed E-state index contributed by atoms with van der Waals surface area (Å²) in [6.45, 7) is 1.72. The van der Waals surface area contributed by atoms with Crippen LogP contribution in [0.3, 0.4) is 0 Å². The van der Waals surface area contributed by atoms with Gasteiger partial charge in [-0.25, -0.2) is 0 Å². The summed E-state index contributed by atoms with van der Waals surface area (Å²) < 4.78 is 5.59. The van der Waals surface area contributed by atoms with Crippen LogP contribution in [-0.2, 0) is 16.0 Å². The molecule has 2 unspecified atom stereocenters. The first-order chi connectivity index (χ1) is 9.38. The van der Waals surface area contributed by atoms with E-state index >= 15 is 0 Å². The summed E-state index contributed by atoms with van der Waals surface area (Å²) in [7, 11) is 1.58. The Morgan fingerprint density at radius 1 is 1.55 bits per heavy atom. The minimum atomic E-state index is -0.924. The van der Waals surface area contributed by atoms with Crippen molar-refractivity contribution in [2.75, 3.05) is 13.6 Å². The van der Waals surface area contributed by atoms with Gasteiger partial charge in [-0.3, -0.25) is 9.59 Å². The molecule has 6 heteroatoms. The fourth-order valence-corrected chi connectivity index (χ4v) is 2.37. The van der Waals surface area contributed by atoms with Crippen molar-refractivity contribution >= 4 is 23.5 Å². The second-order valence-corrected chi connectivity index (χ2v) is 5.46. The predicted molar refractivity (Wildman–Crippen MR) is 74.0 cm³/mol. The third-order valence-corrected chi connectivity index (χ3v) is 3.55. The molecule has 1 aliphatic rings. The van der Waals surface area contributed by atoms with Crippen molar-refractivity contribution < 1.29 is 19.4 Å². The lowest BCUT2D eigenvalue weighted by Crippen LogP contribution is -2.42. The number of rotatable bonds is 4. The molecule has 1 amide bonds. The van der Waals surface area contributed by atoms with Crippen LogP contribution in [0.4, 0.5) is 0 Å². The van der Waals surface area contributed by atoms with Crippen molar-refractivity contribution in [1.82, 2.24) is 4.90 Å². The third-order valence-electron chi connectivity index (χ3n) is 3.32. The molecule has 0 bridgehead atoms. The Morgan fingerprint density at radius 2 is 2.25 bits per heavy atom. The highest BCUT2D eigenvalue weighted by Crippen LogP contribution is 2.31. The van der Waals surface area contributed by atoms with Crippen LogP contribution in [0.25, 0.3) is 0 Å². The first-order valence-electron chi connectivity index (χ1n) is 6.31. The van der Waals surface area contributed by atoms with Gasteiger partial charge in [0.1, 0.15) is 5.75 Å². The van der Waals surface area contributed by atoms with Gasteiger partial charge < -0.3 is 14.7 Å². The molecule has 0 aliphatic carbocycles. The van der Waals surface area contributed by atoms with Crippen molar-refractivity contribution in [3.05, 3.63) is 28.8 Å². The summed E-state index contributed by atoms with van der Waals surface area (Å²) in [5.41, 5.74) is 0.899. The van der Waals surface area contributed by atoms with E-state index < -0.39 is 18.0 Å². The maximum Gasteiger partial charge on any atom is 0.308 e. The number of halogens is 1. The van der Waals surface area contributed by atoms with Gasteiger partial charge in [-0.2, -0.15) is 0 Å². The molecule has 1 aliphatic heterocycles. The Balaban J connectivity index is 2.00. The Kier molecular flexibility index (Phi) is 4.18. The number of likely N-dealkylation sites (N-methyl/N-ethyl adjacent to an activating group) is 1. The molecule has 1 N–H and O–H groups in total. The van der Waals surface area contributed by atoms with Crippen LogP contribution in [0.15, 0.2) is 18.2 Å². The topological polar surface area (TPSA) is 66.8 Å². The van der Waals surface area contributed by atoms with Gasteiger partial charge in [0, 0.05) is 25.0 Å². The van der Waals surface area contributed by atoms with Gasteiger partial charge in [-0.1, -0.05) is 18.5 Å². The van der Waals surface area contributed by atoms with Gasteiger partial charge in [0.05, 0.1) is 5.92 Å². The number of carboxylic acid groups (broad SMARTS) is 1. The van der Waals surface area contributed by atoms with E-state index in [2.05, 4.69) is 0 Å². The van der Waals surface area contributed by atoms with E-state index in [0.29, 0.717) is 17.2 Å². The van der Waals surface area contributed by atoms with Gasteiger partial charge in [0.2, 0.25) is 0 Å². The average Bonchev–Trinajstić information content (AvgIpc) is 2.80. The molecule has 0 aromatic heterocycles. The zero-order valence-corrected chi connectivity index (χ0v) is 12.1. The highest BCUT2D eigenvalue weighted by molar-refractivity contribution is 6.30. The number of ether oxygens (including phenoxy) is 1. The largest absolute Gasteiger partial charge is 0.481 e. The molecule has 0 spiro atoms. The number of carboxylic acids is 1. The van der Waals surface area contributed by atoms with Crippen molar-refractivity contribution in [2.45, 2.75) is 19.4 Å². The average molecular weight is 298 g/mol. The van der Waals surface area contributed by atoms with Crippen LogP contribution in [0, 0.1) is 5.92 Å². The van der Waals surface area contributed by atoms with E-state index in [0.717, 1.165) is 5.56 Å². The molecule has 2 rings (SSSR count). The molecule has 0 saturated carbocycles.